The van der Waals surface area contributed by atoms with E-state index in [0.717, 1.165) is 39.1 Å². The maximum atomic E-state index is 13.0. The average Bonchev–Trinajstić information content (AvgIpc) is 3.38. The number of rotatable bonds is 3. The number of imidazole rings is 1. The first-order valence-corrected chi connectivity index (χ1v) is 11.1. The number of hydrogen-bond donors (Lipinski definition) is 1. The van der Waals surface area contributed by atoms with Crippen LogP contribution in [0.15, 0.2) is 60.9 Å². The Balaban J connectivity index is 1.30. The second-order valence-corrected chi connectivity index (χ2v) is 8.74. The van der Waals surface area contributed by atoms with Gasteiger partial charge in [0.15, 0.2) is 0 Å². The summed E-state index contributed by atoms with van der Waals surface area (Å²) in [7, 11) is 1.96. The van der Waals surface area contributed by atoms with Gasteiger partial charge in [0.2, 0.25) is 11.8 Å². The summed E-state index contributed by atoms with van der Waals surface area (Å²) in [6.07, 6.45) is 4.34. The molecule has 0 radical (unpaired) electrons. The standard InChI is InChI=1S/C26H21N5O3/c1-30-14-21(28-24(30)17-5-7-20-15(11-17)3-2-10-27-20)16-4-6-19-18(12-16)13-31(26(19)34)22-8-9-23(32)29-25(22)33/h2-7,10-12,14,22H,8-9,13H2,1H3,(H,29,32,33). The van der Waals surface area contributed by atoms with Crippen LogP contribution in [0.4, 0.5) is 0 Å². The van der Waals surface area contributed by atoms with Gasteiger partial charge in [0.05, 0.1) is 11.2 Å². The zero-order valence-corrected chi connectivity index (χ0v) is 18.5. The van der Waals surface area contributed by atoms with Gasteiger partial charge < -0.3 is 9.47 Å². The van der Waals surface area contributed by atoms with Crippen molar-refractivity contribution < 1.29 is 14.4 Å². The van der Waals surface area contributed by atoms with Gasteiger partial charge in [0.25, 0.3) is 5.91 Å². The van der Waals surface area contributed by atoms with E-state index in [-0.39, 0.29) is 18.2 Å². The second-order valence-electron chi connectivity index (χ2n) is 8.74. The number of carbonyl (C=O) groups is 3. The van der Waals surface area contributed by atoms with Gasteiger partial charge in [-0.05, 0) is 48.4 Å². The molecule has 34 heavy (non-hydrogen) atoms. The highest BCUT2D eigenvalue weighted by Gasteiger charge is 2.39. The lowest BCUT2D eigenvalue weighted by atomic mass is 10.0. The number of carbonyl (C=O) groups excluding carboxylic acids is 3. The molecule has 4 heterocycles. The lowest BCUT2D eigenvalue weighted by molar-refractivity contribution is -0.136. The van der Waals surface area contributed by atoms with Crippen LogP contribution in [0.5, 0.6) is 0 Å². The first-order chi connectivity index (χ1) is 16.5. The van der Waals surface area contributed by atoms with Gasteiger partial charge in [-0.25, -0.2) is 4.98 Å². The quantitative estimate of drug-likeness (QED) is 0.483. The molecule has 4 aromatic rings. The highest BCUT2D eigenvalue weighted by Crippen LogP contribution is 2.32. The molecule has 0 saturated carbocycles. The number of aromatic nitrogens is 3. The number of hydrogen-bond acceptors (Lipinski definition) is 5. The van der Waals surface area contributed by atoms with Crippen molar-refractivity contribution in [3.63, 3.8) is 0 Å². The van der Waals surface area contributed by atoms with Crippen molar-refractivity contribution in [3.8, 4) is 22.6 Å². The fraction of sp³-hybridized carbons (Fsp3) is 0.192. The summed E-state index contributed by atoms with van der Waals surface area (Å²) in [5.41, 5.74) is 5.08. The van der Waals surface area contributed by atoms with E-state index >= 15 is 0 Å². The van der Waals surface area contributed by atoms with E-state index in [4.69, 9.17) is 4.98 Å². The van der Waals surface area contributed by atoms with Gasteiger partial charge in [0, 0.05) is 54.5 Å². The average molecular weight is 451 g/mol. The molecule has 1 saturated heterocycles. The first-order valence-electron chi connectivity index (χ1n) is 11.1. The number of piperidine rings is 1. The molecule has 1 fully saturated rings. The molecule has 0 spiro atoms. The van der Waals surface area contributed by atoms with Crippen LogP contribution in [-0.4, -0.2) is 43.2 Å². The number of benzene rings is 2. The van der Waals surface area contributed by atoms with Crippen LogP contribution in [0.25, 0.3) is 33.5 Å². The molecule has 168 valence electrons. The van der Waals surface area contributed by atoms with Crippen molar-refractivity contribution in [2.45, 2.75) is 25.4 Å². The summed E-state index contributed by atoms with van der Waals surface area (Å²) in [5.74, 6) is -0.0380. The van der Waals surface area contributed by atoms with E-state index < -0.39 is 11.9 Å². The Morgan fingerprint density at radius 1 is 1.03 bits per heavy atom. The van der Waals surface area contributed by atoms with E-state index in [1.54, 1.807) is 17.2 Å². The maximum absolute atomic E-state index is 13.0. The minimum absolute atomic E-state index is 0.178. The number of nitrogens with one attached hydrogen (secondary N) is 1. The lowest BCUT2D eigenvalue weighted by Crippen LogP contribution is -2.52. The molecule has 6 rings (SSSR count). The summed E-state index contributed by atoms with van der Waals surface area (Å²) in [6, 6.07) is 15.1. The summed E-state index contributed by atoms with van der Waals surface area (Å²) in [6.45, 7) is 0.339. The van der Waals surface area contributed by atoms with Crippen molar-refractivity contribution in [2.24, 2.45) is 7.05 Å². The molecule has 1 unspecified atom stereocenters. The Bertz CT molecular complexity index is 1510. The van der Waals surface area contributed by atoms with Crippen molar-refractivity contribution in [1.82, 2.24) is 24.8 Å². The SMILES string of the molecule is Cn1cc(-c2ccc3c(c2)CN(C2CCC(=O)NC2=O)C3=O)nc1-c1ccc2ncccc2c1. The topological polar surface area (TPSA) is 97.2 Å². The number of amides is 3. The van der Waals surface area contributed by atoms with Crippen LogP contribution < -0.4 is 5.32 Å². The number of imide groups is 1. The van der Waals surface area contributed by atoms with E-state index in [2.05, 4.69) is 16.4 Å². The number of aryl methyl sites for hydroxylation is 1. The molecule has 3 amide bonds. The summed E-state index contributed by atoms with van der Waals surface area (Å²) < 4.78 is 1.99. The van der Waals surface area contributed by atoms with Gasteiger partial charge in [-0.15, -0.1) is 0 Å². The minimum Gasteiger partial charge on any atom is -0.333 e. The Labute approximate surface area is 195 Å². The highest BCUT2D eigenvalue weighted by molar-refractivity contribution is 6.05. The molecular formula is C26H21N5O3. The molecule has 0 bridgehead atoms. The van der Waals surface area contributed by atoms with Crippen LogP contribution in [-0.2, 0) is 23.2 Å². The largest absolute Gasteiger partial charge is 0.333 e. The van der Waals surface area contributed by atoms with E-state index in [9.17, 15) is 14.4 Å². The van der Waals surface area contributed by atoms with Gasteiger partial charge in [0.1, 0.15) is 11.9 Å². The second kappa shape index (κ2) is 7.62. The van der Waals surface area contributed by atoms with Crippen molar-refractivity contribution in [3.05, 3.63) is 72.1 Å². The van der Waals surface area contributed by atoms with Gasteiger partial charge in [-0.1, -0.05) is 12.1 Å². The fourth-order valence-corrected chi connectivity index (χ4v) is 4.82. The molecule has 2 aromatic carbocycles. The summed E-state index contributed by atoms with van der Waals surface area (Å²) >= 11 is 0. The predicted molar refractivity (Wildman–Crippen MR) is 125 cm³/mol. The third-order valence-electron chi connectivity index (χ3n) is 6.56. The Morgan fingerprint density at radius 2 is 1.88 bits per heavy atom. The van der Waals surface area contributed by atoms with Crippen LogP contribution in [0.3, 0.4) is 0 Å². The number of pyridine rings is 1. The zero-order valence-electron chi connectivity index (χ0n) is 18.5. The van der Waals surface area contributed by atoms with Crippen molar-refractivity contribution in [1.29, 1.82) is 0 Å². The minimum atomic E-state index is -0.620. The maximum Gasteiger partial charge on any atom is 0.255 e. The monoisotopic (exact) mass is 451 g/mol. The highest BCUT2D eigenvalue weighted by atomic mass is 16.2. The number of nitrogens with zero attached hydrogens (tertiary/aromatic N) is 4. The smallest absolute Gasteiger partial charge is 0.255 e. The van der Waals surface area contributed by atoms with Crippen LogP contribution in [0.2, 0.25) is 0 Å². The first kappa shape index (κ1) is 20.3. The Morgan fingerprint density at radius 3 is 2.74 bits per heavy atom. The summed E-state index contributed by atoms with van der Waals surface area (Å²) in [4.78, 5) is 47.5. The van der Waals surface area contributed by atoms with Gasteiger partial charge in [-0.3, -0.25) is 24.7 Å². The van der Waals surface area contributed by atoms with E-state index in [1.807, 2.05) is 54.2 Å². The predicted octanol–water partition coefficient (Wildman–Crippen LogP) is 3.06. The molecule has 2 aromatic heterocycles. The molecule has 2 aliphatic heterocycles. The lowest BCUT2D eigenvalue weighted by Gasteiger charge is -2.29. The molecule has 8 heteroatoms. The van der Waals surface area contributed by atoms with Crippen molar-refractivity contribution in [2.75, 3.05) is 0 Å². The fourth-order valence-electron chi connectivity index (χ4n) is 4.82. The molecule has 1 N–H and O–H groups in total. The third kappa shape index (κ3) is 3.26. The van der Waals surface area contributed by atoms with Crippen LogP contribution in [0.1, 0.15) is 28.8 Å². The number of fused-ring (bicyclic) bond motifs is 2. The Kier molecular flexibility index (Phi) is 4.55. The molecule has 1 atom stereocenters. The van der Waals surface area contributed by atoms with Crippen LogP contribution in [0, 0.1) is 0 Å². The van der Waals surface area contributed by atoms with Crippen LogP contribution >= 0.6 is 0 Å². The molecule has 0 aliphatic carbocycles. The zero-order chi connectivity index (χ0) is 23.4. The van der Waals surface area contributed by atoms with Gasteiger partial charge in [-0.2, -0.15) is 0 Å². The molecular weight excluding hydrogens is 430 g/mol. The van der Waals surface area contributed by atoms with E-state index in [1.165, 1.54) is 0 Å². The van der Waals surface area contributed by atoms with Gasteiger partial charge >= 0.3 is 0 Å². The molecule has 2 aliphatic rings. The van der Waals surface area contributed by atoms with E-state index in [0.29, 0.717) is 18.5 Å². The van der Waals surface area contributed by atoms with Crippen molar-refractivity contribution >= 4 is 28.6 Å². The Hall–Kier alpha value is -4.33. The normalized spacial score (nSPS) is 17.9. The third-order valence-corrected chi connectivity index (χ3v) is 6.56. The molecule has 8 nitrogen and oxygen atoms in total. The summed E-state index contributed by atoms with van der Waals surface area (Å²) in [5, 5.41) is 3.39.